The molecule has 0 amide bonds. The third kappa shape index (κ3) is 3.69. The molecule has 0 saturated carbocycles. The minimum atomic E-state index is 0.219. The molecule has 0 bridgehead atoms. The highest BCUT2D eigenvalue weighted by Crippen LogP contribution is 2.28. The second-order valence-corrected chi connectivity index (χ2v) is 7.05. The number of nitrogens with two attached hydrogens (primary N) is 1. The molecule has 0 fully saturated rings. The molecule has 7 heteroatoms. The zero-order chi connectivity index (χ0) is 21.3. The molecule has 0 saturated heterocycles. The number of phenols is 1. The smallest absolute Gasteiger partial charge is 0.213 e. The summed E-state index contributed by atoms with van der Waals surface area (Å²) in [5.41, 5.74) is 12.7. The fourth-order valence-corrected chi connectivity index (χ4v) is 3.39. The Morgan fingerprint density at radius 3 is 2.77 bits per heavy atom. The first kappa shape index (κ1) is 19.4. The van der Waals surface area contributed by atoms with Gasteiger partial charge in [0.05, 0.1) is 24.5 Å². The lowest BCUT2D eigenvalue weighted by Gasteiger charge is -2.06. The summed E-state index contributed by atoms with van der Waals surface area (Å²) in [7, 11) is 1.60. The first-order valence-corrected chi connectivity index (χ1v) is 9.64. The Morgan fingerprint density at radius 2 is 2.03 bits per heavy atom. The lowest BCUT2D eigenvalue weighted by molar-refractivity contribution is 0.397. The fraction of sp³-hybridized carbons (Fsp3) is 0.174. The summed E-state index contributed by atoms with van der Waals surface area (Å²) in [6.07, 6.45) is 6.20. The number of aromatic nitrogens is 3. The maximum atomic E-state index is 9.68. The lowest BCUT2D eigenvalue weighted by atomic mass is 10.1. The van der Waals surface area contributed by atoms with Gasteiger partial charge in [-0.3, -0.25) is 0 Å². The number of amidine groups is 1. The van der Waals surface area contributed by atoms with Gasteiger partial charge in [0.25, 0.3) is 0 Å². The van der Waals surface area contributed by atoms with E-state index in [1.54, 1.807) is 42.2 Å². The summed E-state index contributed by atoms with van der Waals surface area (Å²) in [6.45, 7) is 4.03. The monoisotopic (exact) mass is 401 g/mol. The zero-order valence-corrected chi connectivity index (χ0v) is 17.1. The minimum absolute atomic E-state index is 0.219. The summed E-state index contributed by atoms with van der Waals surface area (Å²) in [6, 6.07) is 11.0. The van der Waals surface area contributed by atoms with Gasteiger partial charge in [-0.05, 0) is 54.8 Å². The Bertz CT molecular complexity index is 1260. The van der Waals surface area contributed by atoms with Gasteiger partial charge in [-0.25, -0.2) is 14.5 Å². The quantitative estimate of drug-likeness (QED) is 0.389. The lowest BCUT2D eigenvalue weighted by Crippen LogP contribution is -2.14. The molecule has 0 aliphatic carbocycles. The maximum Gasteiger partial charge on any atom is 0.213 e. The molecule has 3 aromatic heterocycles. The maximum absolute atomic E-state index is 9.68. The van der Waals surface area contributed by atoms with Crippen LogP contribution in [-0.4, -0.2) is 32.7 Å². The van der Waals surface area contributed by atoms with Gasteiger partial charge in [0.1, 0.15) is 11.6 Å². The molecular weight excluding hydrogens is 378 g/mol. The number of hydrogen-bond donors (Lipinski definition) is 2. The molecule has 0 atom stereocenters. The number of aromatic hydroxyl groups is 1. The van der Waals surface area contributed by atoms with Crippen molar-refractivity contribution in [3.05, 3.63) is 71.7 Å². The average molecular weight is 401 g/mol. The number of phenolic OH excluding ortho intramolecular Hbond substituents is 1. The summed E-state index contributed by atoms with van der Waals surface area (Å²) < 4.78 is 6.99. The Labute approximate surface area is 174 Å². The van der Waals surface area contributed by atoms with E-state index in [0.717, 1.165) is 45.4 Å². The molecule has 3 N–H and O–H groups in total. The van der Waals surface area contributed by atoms with Gasteiger partial charge in [0.15, 0.2) is 0 Å². The molecule has 0 spiro atoms. The number of aryl methyl sites for hydroxylation is 2. The number of ether oxygens (including phenoxy) is 1. The van der Waals surface area contributed by atoms with Gasteiger partial charge in [-0.1, -0.05) is 6.92 Å². The molecule has 7 nitrogen and oxygen atoms in total. The molecule has 1 aromatic carbocycles. The first-order chi connectivity index (χ1) is 14.5. The van der Waals surface area contributed by atoms with Crippen LogP contribution in [-0.2, 0) is 6.42 Å². The number of nitrogens with zero attached hydrogens (tertiary/aromatic N) is 4. The Morgan fingerprint density at radius 1 is 1.20 bits per heavy atom. The Hall–Kier alpha value is -3.87. The van der Waals surface area contributed by atoms with Crippen molar-refractivity contribution in [1.82, 2.24) is 14.6 Å². The van der Waals surface area contributed by atoms with Gasteiger partial charge in [-0.15, -0.1) is 0 Å². The van der Waals surface area contributed by atoms with Crippen molar-refractivity contribution in [2.75, 3.05) is 7.11 Å². The van der Waals surface area contributed by atoms with Crippen LogP contribution in [0.5, 0.6) is 11.6 Å². The molecule has 0 unspecified atom stereocenters. The van der Waals surface area contributed by atoms with Crippen LogP contribution >= 0.6 is 0 Å². The molecule has 30 heavy (non-hydrogen) atoms. The van der Waals surface area contributed by atoms with Gasteiger partial charge in [0, 0.05) is 35.2 Å². The van der Waals surface area contributed by atoms with Crippen molar-refractivity contribution in [2.24, 2.45) is 10.7 Å². The number of hydrogen-bond acceptors (Lipinski definition) is 5. The highest BCUT2D eigenvalue weighted by Gasteiger charge is 2.10. The van der Waals surface area contributed by atoms with E-state index in [4.69, 9.17) is 10.5 Å². The molecule has 0 aliphatic rings. The molecule has 0 aliphatic heterocycles. The third-order valence-electron chi connectivity index (χ3n) is 5.04. The van der Waals surface area contributed by atoms with Crippen LogP contribution in [0.2, 0.25) is 0 Å². The van der Waals surface area contributed by atoms with Crippen molar-refractivity contribution in [3.8, 4) is 22.8 Å². The van der Waals surface area contributed by atoms with E-state index >= 15 is 0 Å². The molecule has 152 valence electrons. The molecule has 4 rings (SSSR count). The first-order valence-electron chi connectivity index (χ1n) is 9.64. The number of aliphatic imine (C=N–C) groups is 1. The van der Waals surface area contributed by atoms with Gasteiger partial charge >= 0.3 is 0 Å². The van der Waals surface area contributed by atoms with E-state index in [-0.39, 0.29) is 5.75 Å². The van der Waals surface area contributed by atoms with Crippen LogP contribution in [0.3, 0.4) is 0 Å². The molecule has 0 radical (unpaired) electrons. The normalized spacial score (nSPS) is 11.8. The van der Waals surface area contributed by atoms with E-state index < -0.39 is 0 Å². The SMILES string of the molecule is CCc1cc(O)ccc1N=C(N)c1cnn2cc(-c3cnc(OC)cc3C)cc2c1. The zero-order valence-electron chi connectivity index (χ0n) is 17.1. The highest BCUT2D eigenvalue weighted by atomic mass is 16.5. The predicted octanol–water partition coefficient (Wildman–Crippen LogP) is 4.02. The number of pyridine rings is 1. The van der Waals surface area contributed by atoms with Crippen molar-refractivity contribution < 1.29 is 9.84 Å². The predicted molar refractivity (Wildman–Crippen MR) is 118 cm³/mol. The van der Waals surface area contributed by atoms with Crippen LogP contribution in [0, 0.1) is 6.92 Å². The Kier molecular flexibility index (Phi) is 5.10. The largest absolute Gasteiger partial charge is 0.508 e. The minimum Gasteiger partial charge on any atom is -0.508 e. The van der Waals surface area contributed by atoms with Crippen LogP contribution in [0.1, 0.15) is 23.6 Å². The fourth-order valence-electron chi connectivity index (χ4n) is 3.39. The summed E-state index contributed by atoms with van der Waals surface area (Å²) in [4.78, 5) is 8.87. The molecule has 3 heterocycles. The summed E-state index contributed by atoms with van der Waals surface area (Å²) >= 11 is 0. The number of fused-ring (bicyclic) bond motifs is 1. The van der Waals surface area contributed by atoms with E-state index in [0.29, 0.717) is 11.7 Å². The van der Waals surface area contributed by atoms with E-state index in [1.165, 1.54) is 0 Å². The molecular formula is C23H23N5O2. The molecule has 4 aromatic rings. The Balaban J connectivity index is 1.70. The van der Waals surface area contributed by atoms with Crippen molar-refractivity contribution >= 4 is 17.0 Å². The number of benzene rings is 1. The highest BCUT2D eigenvalue weighted by molar-refractivity contribution is 6.00. The second kappa shape index (κ2) is 7.87. The average Bonchev–Trinajstić information content (AvgIpc) is 3.17. The standard InChI is InChI=1S/C23H23N5O2/c1-4-15-10-19(29)5-6-21(15)27-23(24)16-8-18-9-17(13-28(18)26-11-16)20-12-25-22(30-3)7-14(20)2/h5-13,29H,4H2,1-3H3,(H2,24,27). The number of methoxy groups -OCH3 is 1. The van der Waals surface area contributed by atoms with Crippen LogP contribution in [0.25, 0.3) is 16.6 Å². The van der Waals surface area contributed by atoms with Crippen LogP contribution in [0.4, 0.5) is 5.69 Å². The van der Waals surface area contributed by atoms with E-state index in [9.17, 15) is 5.11 Å². The van der Waals surface area contributed by atoms with Crippen LogP contribution < -0.4 is 10.5 Å². The van der Waals surface area contributed by atoms with Crippen LogP contribution in [0.15, 0.2) is 60.0 Å². The topological polar surface area (TPSA) is 98.0 Å². The summed E-state index contributed by atoms with van der Waals surface area (Å²) in [5, 5.41) is 14.2. The van der Waals surface area contributed by atoms with Gasteiger partial charge in [0.2, 0.25) is 5.88 Å². The number of rotatable bonds is 5. The van der Waals surface area contributed by atoms with Gasteiger partial charge in [-0.2, -0.15) is 5.10 Å². The van der Waals surface area contributed by atoms with Crippen molar-refractivity contribution in [1.29, 1.82) is 0 Å². The van der Waals surface area contributed by atoms with E-state index in [2.05, 4.69) is 15.1 Å². The van der Waals surface area contributed by atoms with E-state index in [1.807, 2.05) is 38.2 Å². The third-order valence-corrected chi connectivity index (χ3v) is 5.04. The van der Waals surface area contributed by atoms with Gasteiger partial charge < -0.3 is 15.6 Å². The summed E-state index contributed by atoms with van der Waals surface area (Å²) in [5.74, 6) is 1.18. The van der Waals surface area contributed by atoms with Crippen molar-refractivity contribution in [2.45, 2.75) is 20.3 Å². The van der Waals surface area contributed by atoms with Crippen molar-refractivity contribution in [3.63, 3.8) is 0 Å². The second-order valence-electron chi connectivity index (χ2n) is 7.05.